The van der Waals surface area contributed by atoms with E-state index < -0.39 is 5.97 Å². The summed E-state index contributed by atoms with van der Waals surface area (Å²) in [5.41, 5.74) is 0. The van der Waals surface area contributed by atoms with Crippen molar-refractivity contribution in [2.75, 3.05) is 0 Å². The van der Waals surface area contributed by atoms with E-state index in [4.69, 9.17) is 5.11 Å². The zero-order valence-electron chi connectivity index (χ0n) is 10.1. The number of nitrogens with one attached hydrogen (secondary N) is 1. The summed E-state index contributed by atoms with van der Waals surface area (Å²) in [6.07, 6.45) is 5.80. The van der Waals surface area contributed by atoms with Gasteiger partial charge >= 0.3 is 5.97 Å². The van der Waals surface area contributed by atoms with Gasteiger partial charge in [0.15, 0.2) is 0 Å². The van der Waals surface area contributed by atoms with Crippen molar-refractivity contribution >= 4 is 11.9 Å². The Morgan fingerprint density at radius 3 is 2.89 bits per heavy atom. The molecule has 1 aromatic rings. The molecule has 2 unspecified atom stereocenters. The van der Waals surface area contributed by atoms with Crippen LogP contribution < -0.4 is 5.32 Å². The van der Waals surface area contributed by atoms with E-state index in [1.165, 1.54) is 0 Å². The third-order valence-corrected chi connectivity index (χ3v) is 3.27. The van der Waals surface area contributed by atoms with Crippen LogP contribution in [-0.4, -0.2) is 32.8 Å². The van der Waals surface area contributed by atoms with E-state index in [1.54, 1.807) is 10.9 Å². The van der Waals surface area contributed by atoms with E-state index in [0.29, 0.717) is 25.8 Å². The molecule has 0 saturated heterocycles. The molecule has 1 saturated carbocycles. The summed E-state index contributed by atoms with van der Waals surface area (Å²) in [5, 5.41) is 15.8. The average Bonchev–Trinajstić information content (AvgIpc) is 2.96. The van der Waals surface area contributed by atoms with E-state index in [0.717, 1.165) is 6.42 Å². The fourth-order valence-electron chi connectivity index (χ4n) is 2.29. The Labute approximate surface area is 105 Å². The molecule has 1 fully saturated rings. The van der Waals surface area contributed by atoms with Gasteiger partial charge in [0.1, 0.15) is 0 Å². The molecular formula is C12H17N3O3. The summed E-state index contributed by atoms with van der Waals surface area (Å²) in [6, 6.07) is 1.82. The number of aryl methyl sites for hydroxylation is 1. The molecule has 2 atom stereocenters. The van der Waals surface area contributed by atoms with Crippen LogP contribution in [0.4, 0.5) is 0 Å². The molecule has 1 amide bonds. The minimum atomic E-state index is -0.761. The first kappa shape index (κ1) is 12.6. The Balaban J connectivity index is 1.70. The second-order valence-corrected chi connectivity index (χ2v) is 4.63. The van der Waals surface area contributed by atoms with Crippen LogP contribution in [0, 0.1) is 5.92 Å². The lowest BCUT2D eigenvalue weighted by atomic mass is 10.1. The molecule has 1 heterocycles. The number of aromatic nitrogens is 2. The van der Waals surface area contributed by atoms with Crippen molar-refractivity contribution in [2.45, 2.75) is 38.3 Å². The molecule has 2 rings (SSSR count). The summed E-state index contributed by atoms with van der Waals surface area (Å²) in [7, 11) is 0. The zero-order valence-corrected chi connectivity index (χ0v) is 10.1. The Morgan fingerprint density at radius 2 is 2.28 bits per heavy atom. The molecule has 1 aliphatic carbocycles. The molecule has 1 aliphatic rings. The van der Waals surface area contributed by atoms with E-state index in [9.17, 15) is 9.59 Å². The SMILES string of the molecule is O=C(CCn1cccn1)NC1CCC(C(=O)O)C1. The number of carboxylic acids is 1. The van der Waals surface area contributed by atoms with Gasteiger partial charge in [-0.2, -0.15) is 5.10 Å². The highest BCUT2D eigenvalue weighted by molar-refractivity contribution is 5.76. The second-order valence-electron chi connectivity index (χ2n) is 4.63. The third kappa shape index (κ3) is 3.32. The summed E-state index contributed by atoms with van der Waals surface area (Å²) in [6.45, 7) is 0.550. The summed E-state index contributed by atoms with van der Waals surface area (Å²) < 4.78 is 1.70. The van der Waals surface area contributed by atoms with Crippen LogP contribution >= 0.6 is 0 Å². The maximum atomic E-state index is 11.7. The van der Waals surface area contributed by atoms with Crippen LogP contribution in [0.5, 0.6) is 0 Å². The van der Waals surface area contributed by atoms with Crippen LogP contribution in [0.3, 0.4) is 0 Å². The van der Waals surface area contributed by atoms with Gasteiger partial charge in [-0.3, -0.25) is 14.3 Å². The molecule has 1 aromatic heterocycles. The van der Waals surface area contributed by atoms with Gasteiger partial charge in [0.25, 0.3) is 0 Å². The van der Waals surface area contributed by atoms with Crippen molar-refractivity contribution in [3.8, 4) is 0 Å². The number of aliphatic carboxylic acids is 1. The minimum absolute atomic E-state index is 0.0104. The number of hydrogen-bond donors (Lipinski definition) is 2. The molecule has 0 radical (unpaired) electrons. The highest BCUT2D eigenvalue weighted by atomic mass is 16.4. The summed E-state index contributed by atoms with van der Waals surface area (Å²) >= 11 is 0. The monoisotopic (exact) mass is 251 g/mol. The van der Waals surface area contributed by atoms with Gasteiger partial charge < -0.3 is 10.4 Å². The topological polar surface area (TPSA) is 84.2 Å². The van der Waals surface area contributed by atoms with Crippen molar-refractivity contribution in [1.29, 1.82) is 0 Å². The van der Waals surface area contributed by atoms with Crippen LogP contribution in [0.15, 0.2) is 18.5 Å². The normalized spacial score (nSPS) is 22.9. The van der Waals surface area contributed by atoms with Crippen LogP contribution in [0.1, 0.15) is 25.7 Å². The number of nitrogens with zero attached hydrogens (tertiary/aromatic N) is 2. The van der Waals surface area contributed by atoms with Gasteiger partial charge in [-0.1, -0.05) is 0 Å². The van der Waals surface area contributed by atoms with E-state index in [2.05, 4.69) is 10.4 Å². The molecule has 0 aromatic carbocycles. The van der Waals surface area contributed by atoms with Gasteiger partial charge in [0.05, 0.1) is 5.92 Å². The maximum Gasteiger partial charge on any atom is 0.306 e. The number of carbonyl (C=O) groups excluding carboxylic acids is 1. The number of amides is 1. The van der Waals surface area contributed by atoms with Crippen LogP contribution in [0.25, 0.3) is 0 Å². The smallest absolute Gasteiger partial charge is 0.306 e. The number of carbonyl (C=O) groups is 2. The van der Waals surface area contributed by atoms with Gasteiger partial charge in [-0.05, 0) is 25.3 Å². The maximum absolute atomic E-state index is 11.7. The first-order chi connectivity index (χ1) is 8.65. The molecule has 0 spiro atoms. The molecule has 0 aliphatic heterocycles. The van der Waals surface area contributed by atoms with Gasteiger partial charge in [-0.25, -0.2) is 0 Å². The fourth-order valence-corrected chi connectivity index (χ4v) is 2.29. The largest absolute Gasteiger partial charge is 0.481 e. The van der Waals surface area contributed by atoms with Gasteiger partial charge in [0.2, 0.25) is 5.91 Å². The van der Waals surface area contributed by atoms with E-state index in [1.807, 2.05) is 12.3 Å². The lowest BCUT2D eigenvalue weighted by Crippen LogP contribution is -2.33. The lowest BCUT2D eigenvalue weighted by Gasteiger charge is -2.12. The standard InChI is InChI=1S/C12H17N3O3/c16-11(4-7-15-6-1-5-13-15)14-10-3-2-9(8-10)12(17)18/h1,5-6,9-10H,2-4,7-8H2,(H,14,16)(H,17,18). The zero-order chi connectivity index (χ0) is 13.0. The Kier molecular flexibility index (Phi) is 3.96. The van der Waals surface area contributed by atoms with Crippen molar-refractivity contribution in [3.63, 3.8) is 0 Å². The van der Waals surface area contributed by atoms with Gasteiger partial charge in [0, 0.05) is 31.4 Å². The highest BCUT2D eigenvalue weighted by Gasteiger charge is 2.30. The van der Waals surface area contributed by atoms with Crippen LogP contribution in [-0.2, 0) is 16.1 Å². The fraction of sp³-hybridized carbons (Fsp3) is 0.583. The van der Waals surface area contributed by atoms with E-state index >= 15 is 0 Å². The first-order valence-electron chi connectivity index (χ1n) is 6.15. The van der Waals surface area contributed by atoms with Crippen LogP contribution in [0.2, 0.25) is 0 Å². The van der Waals surface area contributed by atoms with Crippen molar-refractivity contribution in [3.05, 3.63) is 18.5 Å². The number of hydrogen-bond acceptors (Lipinski definition) is 3. The van der Waals surface area contributed by atoms with E-state index in [-0.39, 0.29) is 17.9 Å². The first-order valence-corrected chi connectivity index (χ1v) is 6.15. The molecular weight excluding hydrogens is 234 g/mol. The predicted octanol–water partition coefficient (Wildman–Crippen LogP) is 0.643. The molecule has 6 heteroatoms. The average molecular weight is 251 g/mol. The molecule has 98 valence electrons. The molecule has 2 N–H and O–H groups in total. The van der Waals surface area contributed by atoms with Crippen molar-refractivity contribution in [2.24, 2.45) is 5.92 Å². The highest BCUT2D eigenvalue weighted by Crippen LogP contribution is 2.25. The number of carboxylic acid groups (broad SMARTS) is 1. The lowest BCUT2D eigenvalue weighted by molar-refractivity contribution is -0.141. The molecule has 0 bridgehead atoms. The Bertz CT molecular complexity index is 416. The molecule has 18 heavy (non-hydrogen) atoms. The summed E-state index contributed by atoms with van der Waals surface area (Å²) in [4.78, 5) is 22.5. The quantitative estimate of drug-likeness (QED) is 0.804. The minimum Gasteiger partial charge on any atom is -0.481 e. The molecule has 6 nitrogen and oxygen atoms in total. The number of rotatable bonds is 5. The predicted molar refractivity (Wildman–Crippen MR) is 63.8 cm³/mol. The third-order valence-electron chi connectivity index (χ3n) is 3.27. The van der Waals surface area contributed by atoms with Crippen molar-refractivity contribution in [1.82, 2.24) is 15.1 Å². The van der Waals surface area contributed by atoms with Crippen molar-refractivity contribution < 1.29 is 14.7 Å². The van der Waals surface area contributed by atoms with Gasteiger partial charge in [-0.15, -0.1) is 0 Å². The summed E-state index contributed by atoms with van der Waals surface area (Å²) in [5.74, 6) is -1.11. The Hall–Kier alpha value is -1.85. The Morgan fingerprint density at radius 1 is 1.44 bits per heavy atom. The second kappa shape index (κ2) is 5.66.